The Morgan fingerprint density at radius 2 is 2.39 bits per heavy atom. The Hall–Kier alpha value is -1.24. The van der Waals surface area contributed by atoms with E-state index in [1.807, 2.05) is 30.8 Å². The van der Waals surface area contributed by atoms with Gasteiger partial charge in [-0.3, -0.25) is 9.67 Å². The molecule has 0 amide bonds. The second-order valence-corrected chi connectivity index (χ2v) is 4.96. The number of aliphatic imine (C=N–C) groups is 1. The van der Waals surface area contributed by atoms with Crippen LogP contribution in [0.25, 0.3) is 0 Å². The van der Waals surface area contributed by atoms with Crippen molar-refractivity contribution < 1.29 is 0 Å². The van der Waals surface area contributed by atoms with Gasteiger partial charge in [0.25, 0.3) is 0 Å². The molecule has 0 fully saturated rings. The van der Waals surface area contributed by atoms with Gasteiger partial charge in [-0.1, -0.05) is 0 Å². The molecule has 0 aromatic carbocycles. The zero-order chi connectivity index (χ0) is 13.4. The van der Waals surface area contributed by atoms with E-state index in [4.69, 9.17) is 0 Å². The molecular formula is C11H22N6S. The van der Waals surface area contributed by atoms with Crippen molar-refractivity contribution in [3.05, 3.63) is 12.2 Å². The molecule has 0 bridgehead atoms. The minimum absolute atomic E-state index is 0.693. The Balaban J connectivity index is 2.43. The van der Waals surface area contributed by atoms with Gasteiger partial charge in [0.2, 0.25) is 0 Å². The molecule has 102 valence electrons. The largest absolute Gasteiger partial charge is 0.356 e. The smallest absolute Gasteiger partial charge is 0.193 e. The minimum Gasteiger partial charge on any atom is -0.356 e. The summed E-state index contributed by atoms with van der Waals surface area (Å²) in [6, 6.07) is 0. The standard InChI is InChI=1S/C11H22N6S/c1-12-11(13-6-5-7-18-4)16(2)8-10-14-9-15-17(10)3/h9H,5-8H2,1-4H3,(H,12,13). The second-order valence-electron chi connectivity index (χ2n) is 3.98. The summed E-state index contributed by atoms with van der Waals surface area (Å²) in [5, 5.41) is 7.40. The molecule has 0 aliphatic rings. The van der Waals surface area contributed by atoms with Crippen LogP contribution in [0.4, 0.5) is 0 Å². The maximum absolute atomic E-state index is 4.26. The SMILES string of the molecule is CN=C(NCCCSC)N(C)Cc1ncnn1C. The first-order valence-corrected chi connectivity index (χ1v) is 7.32. The third-order valence-electron chi connectivity index (χ3n) is 2.57. The summed E-state index contributed by atoms with van der Waals surface area (Å²) < 4.78 is 1.78. The van der Waals surface area contributed by atoms with E-state index in [0.717, 1.165) is 30.5 Å². The van der Waals surface area contributed by atoms with Crippen molar-refractivity contribution in [1.29, 1.82) is 0 Å². The Labute approximate surface area is 113 Å². The predicted octanol–water partition coefficient (Wildman–Crippen LogP) is 0.575. The van der Waals surface area contributed by atoms with Crippen molar-refractivity contribution in [2.45, 2.75) is 13.0 Å². The Morgan fingerprint density at radius 3 is 2.94 bits per heavy atom. The zero-order valence-electron chi connectivity index (χ0n) is 11.6. The molecule has 0 atom stereocenters. The normalized spacial score (nSPS) is 11.7. The van der Waals surface area contributed by atoms with E-state index in [2.05, 4.69) is 26.6 Å². The molecule has 1 heterocycles. The molecule has 0 radical (unpaired) electrons. The quantitative estimate of drug-likeness (QED) is 0.465. The highest BCUT2D eigenvalue weighted by molar-refractivity contribution is 7.98. The molecule has 1 rings (SSSR count). The van der Waals surface area contributed by atoms with E-state index in [1.165, 1.54) is 0 Å². The van der Waals surface area contributed by atoms with Crippen LogP contribution in [0, 0.1) is 0 Å². The zero-order valence-corrected chi connectivity index (χ0v) is 12.4. The van der Waals surface area contributed by atoms with Crippen molar-refractivity contribution in [1.82, 2.24) is 25.0 Å². The van der Waals surface area contributed by atoms with Gasteiger partial charge in [0.1, 0.15) is 12.2 Å². The van der Waals surface area contributed by atoms with E-state index in [0.29, 0.717) is 6.54 Å². The van der Waals surface area contributed by atoms with Gasteiger partial charge < -0.3 is 10.2 Å². The molecule has 0 spiro atoms. The average Bonchev–Trinajstić information content (AvgIpc) is 2.75. The van der Waals surface area contributed by atoms with Crippen LogP contribution in [0.2, 0.25) is 0 Å². The van der Waals surface area contributed by atoms with Crippen LogP contribution < -0.4 is 5.32 Å². The van der Waals surface area contributed by atoms with Gasteiger partial charge in [-0.2, -0.15) is 16.9 Å². The van der Waals surface area contributed by atoms with Gasteiger partial charge in [0, 0.05) is 27.7 Å². The maximum atomic E-state index is 4.26. The summed E-state index contributed by atoms with van der Waals surface area (Å²) >= 11 is 1.86. The summed E-state index contributed by atoms with van der Waals surface area (Å²) in [4.78, 5) is 10.5. The third-order valence-corrected chi connectivity index (χ3v) is 3.26. The number of aryl methyl sites for hydroxylation is 1. The van der Waals surface area contributed by atoms with Crippen LogP contribution in [-0.4, -0.2) is 58.3 Å². The first-order chi connectivity index (χ1) is 8.69. The molecule has 0 saturated carbocycles. The van der Waals surface area contributed by atoms with Gasteiger partial charge in [0.15, 0.2) is 5.96 Å². The molecular weight excluding hydrogens is 248 g/mol. The lowest BCUT2D eigenvalue weighted by atomic mass is 10.4. The van der Waals surface area contributed by atoms with Gasteiger partial charge in [0.05, 0.1) is 6.54 Å². The van der Waals surface area contributed by atoms with E-state index >= 15 is 0 Å². The fraction of sp³-hybridized carbons (Fsp3) is 0.727. The summed E-state index contributed by atoms with van der Waals surface area (Å²) in [5.74, 6) is 2.97. The highest BCUT2D eigenvalue weighted by Gasteiger charge is 2.09. The Bertz CT molecular complexity index is 375. The van der Waals surface area contributed by atoms with E-state index < -0.39 is 0 Å². The lowest BCUT2D eigenvalue weighted by Gasteiger charge is -2.21. The molecule has 1 N–H and O–H groups in total. The van der Waals surface area contributed by atoms with Crippen molar-refractivity contribution >= 4 is 17.7 Å². The van der Waals surface area contributed by atoms with Crippen molar-refractivity contribution in [3.63, 3.8) is 0 Å². The maximum Gasteiger partial charge on any atom is 0.193 e. The van der Waals surface area contributed by atoms with Crippen LogP contribution in [0.15, 0.2) is 11.3 Å². The lowest BCUT2D eigenvalue weighted by Crippen LogP contribution is -2.39. The molecule has 7 heteroatoms. The Kier molecular flexibility index (Phi) is 6.56. The number of guanidine groups is 1. The van der Waals surface area contributed by atoms with Gasteiger partial charge >= 0.3 is 0 Å². The van der Waals surface area contributed by atoms with Crippen molar-refractivity contribution in [3.8, 4) is 0 Å². The summed E-state index contributed by atoms with van der Waals surface area (Å²) in [5.41, 5.74) is 0. The topological polar surface area (TPSA) is 58.3 Å². The highest BCUT2D eigenvalue weighted by atomic mass is 32.2. The van der Waals surface area contributed by atoms with Crippen LogP contribution >= 0.6 is 11.8 Å². The number of nitrogens with one attached hydrogen (secondary N) is 1. The lowest BCUT2D eigenvalue weighted by molar-refractivity contribution is 0.449. The third kappa shape index (κ3) is 4.56. The first-order valence-electron chi connectivity index (χ1n) is 5.92. The van der Waals surface area contributed by atoms with Crippen LogP contribution in [-0.2, 0) is 13.6 Å². The molecule has 6 nitrogen and oxygen atoms in total. The molecule has 0 unspecified atom stereocenters. The number of hydrogen-bond acceptors (Lipinski definition) is 4. The minimum atomic E-state index is 0.693. The number of rotatable bonds is 6. The summed E-state index contributed by atoms with van der Waals surface area (Å²) in [7, 11) is 5.69. The number of thioether (sulfide) groups is 1. The second kappa shape index (κ2) is 7.97. The highest BCUT2D eigenvalue weighted by Crippen LogP contribution is 1.98. The average molecular weight is 270 g/mol. The first kappa shape index (κ1) is 14.8. The van der Waals surface area contributed by atoms with E-state index in [9.17, 15) is 0 Å². The molecule has 1 aromatic rings. The van der Waals surface area contributed by atoms with Gasteiger partial charge in [-0.05, 0) is 18.4 Å². The van der Waals surface area contributed by atoms with Gasteiger partial charge in [-0.15, -0.1) is 0 Å². The Morgan fingerprint density at radius 1 is 1.61 bits per heavy atom. The predicted molar refractivity (Wildman–Crippen MR) is 76.8 cm³/mol. The van der Waals surface area contributed by atoms with Crippen LogP contribution in [0.3, 0.4) is 0 Å². The summed E-state index contributed by atoms with van der Waals surface area (Å²) in [6.07, 6.45) is 4.82. The van der Waals surface area contributed by atoms with E-state index in [-0.39, 0.29) is 0 Å². The van der Waals surface area contributed by atoms with Crippen molar-refractivity contribution in [2.75, 3.05) is 32.6 Å². The molecule has 18 heavy (non-hydrogen) atoms. The molecule has 0 saturated heterocycles. The molecule has 1 aromatic heterocycles. The molecule has 0 aliphatic carbocycles. The van der Waals surface area contributed by atoms with Crippen molar-refractivity contribution in [2.24, 2.45) is 12.0 Å². The van der Waals surface area contributed by atoms with Crippen LogP contribution in [0.5, 0.6) is 0 Å². The number of hydrogen-bond donors (Lipinski definition) is 1. The van der Waals surface area contributed by atoms with Crippen LogP contribution in [0.1, 0.15) is 12.2 Å². The number of nitrogens with zero attached hydrogens (tertiary/aromatic N) is 5. The van der Waals surface area contributed by atoms with Gasteiger partial charge in [-0.25, -0.2) is 4.98 Å². The monoisotopic (exact) mass is 270 g/mol. The molecule has 0 aliphatic heterocycles. The summed E-state index contributed by atoms with van der Waals surface area (Å²) in [6.45, 7) is 1.63. The fourth-order valence-electron chi connectivity index (χ4n) is 1.55. The number of aromatic nitrogens is 3. The fourth-order valence-corrected chi connectivity index (χ4v) is 1.98. The van der Waals surface area contributed by atoms with E-state index in [1.54, 1.807) is 18.1 Å².